The summed E-state index contributed by atoms with van der Waals surface area (Å²) in [5, 5.41) is 13.1. The molecule has 0 spiro atoms. The van der Waals surface area contributed by atoms with Gasteiger partial charge in [0.1, 0.15) is 11.5 Å². The molecule has 0 radical (unpaired) electrons. The second-order valence-corrected chi connectivity index (χ2v) is 4.44. The van der Waals surface area contributed by atoms with E-state index in [0.717, 1.165) is 5.56 Å². The minimum Gasteiger partial charge on any atom is -0.508 e. The van der Waals surface area contributed by atoms with Crippen molar-refractivity contribution in [2.24, 2.45) is 5.10 Å². The highest BCUT2D eigenvalue weighted by Crippen LogP contribution is 2.15. The molecule has 0 heterocycles. The molecule has 2 N–H and O–H groups in total. The molecule has 21 heavy (non-hydrogen) atoms. The van der Waals surface area contributed by atoms with Crippen LogP contribution in [0.4, 0.5) is 0 Å². The molecule has 0 aliphatic heterocycles. The van der Waals surface area contributed by atoms with Crippen LogP contribution in [0.25, 0.3) is 0 Å². The molecule has 5 heteroatoms. The SMILES string of the molecule is Cc1ccccc1OCC(=O)NN=Cc1cccc(O)c1. The van der Waals surface area contributed by atoms with Gasteiger partial charge in [0, 0.05) is 0 Å². The van der Waals surface area contributed by atoms with Crippen molar-refractivity contribution in [1.29, 1.82) is 0 Å². The van der Waals surface area contributed by atoms with Gasteiger partial charge in [0.25, 0.3) is 5.91 Å². The summed E-state index contributed by atoms with van der Waals surface area (Å²) in [6, 6.07) is 14.0. The van der Waals surface area contributed by atoms with Gasteiger partial charge in [0.15, 0.2) is 6.61 Å². The molecule has 2 rings (SSSR count). The number of nitrogens with one attached hydrogen (secondary N) is 1. The van der Waals surface area contributed by atoms with E-state index in [2.05, 4.69) is 10.5 Å². The molecule has 0 saturated carbocycles. The molecule has 2 aromatic rings. The number of carbonyl (C=O) groups excluding carboxylic acids is 1. The van der Waals surface area contributed by atoms with Crippen LogP contribution in [-0.2, 0) is 4.79 Å². The smallest absolute Gasteiger partial charge is 0.277 e. The summed E-state index contributed by atoms with van der Waals surface area (Å²) < 4.78 is 5.39. The van der Waals surface area contributed by atoms with E-state index in [1.54, 1.807) is 30.3 Å². The van der Waals surface area contributed by atoms with Gasteiger partial charge in [-0.15, -0.1) is 0 Å². The number of aromatic hydroxyl groups is 1. The second-order valence-electron chi connectivity index (χ2n) is 4.44. The number of nitrogens with zero attached hydrogens (tertiary/aromatic N) is 1. The Labute approximate surface area is 122 Å². The lowest BCUT2D eigenvalue weighted by Crippen LogP contribution is -2.24. The van der Waals surface area contributed by atoms with E-state index >= 15 is 0 Å². The quantitative estimate of drug-likeness (QED) is 0.653. The van der Waals surface area contributed by atoms with E-state index in [-0.39, 0.29) is 18.3 Å². The standard InChI is InChI=1S/C16H16N2O3/c1-12-5-2-3-8-15(12)21-11-16(20)18-17-10-13-6-4-7-14(19)9-13/h2-10,19H,11H2,1H3,(H,18,20). The lowest BCUT2D eigenvalue weighted by Gasteiger charge is -2.07. The average Bonchev–Trinajstić information content (AvgIpc) is 2.46. The molecule has 0 saturated heterocycles. The zero-order chi connectivity index (χ0) is 15.1. The van der Waals surface area contributed by atoms with Gasteiger partial charge in [-0.05, 0) is 36.2 Å². The van der Waals surface area contributed by atoms with Crippen molar-refractivity contribution in [1.82, 2.24) is 5.43 Å². The number of carbonyl (C=O) groups is 1. The summed E-state index contributed by atoms with van der Waals surface area (Å²) in [7, 11) is 0. The third-order valence-electron chi connectivity index (χ3n) is 2.73. The predicted octanol–water partition coefficient (Wildman–Crippen LogP) is 2.23. The van der Waals surface area contributed by atoms with Gasteiger partial charge in [-0.2, -0.15) is 5.10 Å². The Kier molecular flexibility index (Phi) is 4.93. The highest BCUT2D eigenvalue weighted by atomic mass is 16.5. The third-order valence-corrected chi connectivity index (χ3v) is 2.73. The van der Waals surface area contributed by atoms with E-state index in [0.29, 0.717) is 11.3 Å². The molecule has 0 bridgehead atoms. The Bertz CT molecular complexity index is 653. The zero-order valence-corrected chi connectivity index (χ0v) is 11.6. The van der Waals surface area contributed by atoms with Crippen molar-refractivity contribution in [3.63, 3.8) is 0 Å². The highest BCUT2D eigenvalue weighted by Gasteiger charge is 2.03. The van der Waals surface area contributed by atoms with Crippen molar-refractivity contribution in [2.75, 3.05) is 6.61 Å². The molecule has 5 nitrogen and oxygen atoms in total. The summed E-state index contributed by atoms with van der Waals surface area (Å²) in [5.74, 6) is 0.465. The lowest BCUT2D eigenvalue weighted by molar-refractivity contribution is -0.123. The summed E-state index contributed by atoms with van der Waals surface area (Å²) >= 11 is 0. The minimum atomic E-state index is -0.352. The number of benzene rings is 2. The number of phenolic OH excluding ortho intramolecular Hbond substituents is 1. The topological polar surface area (TPSA) is 70.9 Å². The number of amides is 1. The van der Waals surface area contributed by atoms with Crippen molar-refractivity contribution < 1.29 is 14.6 Å². The molecule has 0 aliphatic carbocycles. The molecule has 108 valence electrons. The van der Waals surface area contributed by atoms with Crippen LogP contribution >= 0.6 is 0 Å². The number of ether oxygens (including phenoxy) is 1. The summed E-state index contributed by atoms with van der Waals surface area (Å²) in [4.78, 5) is 11.6. The predicted molar refractivity (Wildman–Crippen MR) is 80.5 cm³/mol. The maximum Gasteiger partial charge on any atom is 0.277 e. The van der Waals surface area contributed by atoms with E-state index in [1.807, 2.05) is 25.1 Å². The summed E-state index contributed by atoms with van der Waals surface area (Å²) in [6.45, 7) is 1.80. The number of rotatable bonds is 5. The van der Waals surface area contributed by atoms with Crippen LogP contribution in [0.2, 0.25) is 0 Å². The van der Waals surface area contributed by atoms with Gasteiger partial charge in [-0.1, -0.05) is 30.3 Å². The first kappa shape index (κ1) is 14.6. The fraction of sp³-hybridized carbons (Fsp3) is 0.125. The molecular formula is C16H16N2O3. The number of aryl methyl sites for hydroxylation is 1. The van der Waals surface area contributed by atoms with Crippen LogP contribution in [-0.4, -0.2) is 23.8 Å². The van der Waals surface area contributed by atoms with Gasteiger partial charge in [0.2, 0.25) is 0 Å². The molecular weight excluding hydrogens is 268 g/mol. The largest absolute Gasteiger partial charge is 0.508 e. The van der Waals surface area contributed by atoms with E-state index in [1.165, 1.54) is 6.21 Å². The first-order valence-corrected chi connectivity index (χ1v) is 6.44. The van der Waals surface area contributed by atoms with E-state index in [9.17, 15) is 9.90 Å². The molecule has 0 aromatic heterocycles. The van der Waals surface area contributed by atoms with Gasteiger partial charge in [-0.25, -0.2) is 5.43 Å². The Hall–Kier alpha value is -2.82. The Morgan fingerprint density at radius 1 is 1.29 bits per heavy atom. The van der Waals surface area contributed by atoms with Gasteiger partial charge in [0.05, 0.1) is 6.21 Å². The second kappa shape index (κ2) is 7.09. The number of para-hydroxylation sites is 1. The van der Waals surface area contributed by atoms with Crippen LogP contribution < -0.4 is 10.2 Å². The van der Waals surface area contributed by atoms with Crippen LogP contribution in [0, 0.1) is 6.92 Å². The molecule has 0 atom stereocenters. The summed E-state index contributed by atoms with van der Waals surface area (Å²) in [6.07, 6.45) is 1.45. The van der Waals surface area contributed by atoms with Crippen molar-refractivity contribution >= 4 is 12.1 Å². The Morgan fingerprint density at radius 3 is 2.86 bits per heavy atom. The molecule has 0 unspecified atom stereocenters. The molecule has 0 fully saturated rings. The number of phenols is 1. The van der Waals surface area contributed by atoms with Crippen LogP contribution in [0.15, 0.2) is 53.6 Å². The Balaban J connectivity index is 1.81. The molecule has 2 aromatic carbocycles. The van der Waals surface area contributed by atoms with Gasteiger partial charge >= 0.3 is 0 Å². The normalized spacial score (nSPS) is 10.5. The van der Waals surface area contributed by atoms with Gasteiger partial charge < -0.3 is 9.84 Å². The van der Waals surface area contributed by atoms with Crippen LogP contribution in [0.3, 0.4) is 0 Å². The number of hydrazone groups is 1. The lowest BCUT2D eigenvalue weighted by atomic mass is 10.2. The first-order chi connectivity index (χ1) is 10.1. The van der Waals surface area contributed by atoms with Crippen molar-refractivity contribution in [3.8, 4) is 11.5 Å². The minimum absolute atomic E-state index is 0.109. The maximum atomic E-state index is 11.6. The van der Waals surface area contributed by atoms with Crippen molar-refractivity contribution in [2.45, 2.75) is 6.92 Å². The maximum absolute atomic E-state index is 11.6. The Morgan fingerprint density at radius 2 is 2.10 bits per heavy atom. The number of hydrogen-bond acceptors (Lipinski definition) is 4. The molecule has 1 amide bonds. The monoisotopic (exact) mass is 284 g/mol. The summed E-state index contributed by atoms with van der Waals surface area (Å²) in [5.41, 5.74) is 4.02. The highest BCUT2D eigenvalue weighted by molar-refractivity contribution is 5.83. The molecule has 0 aliphatic rings. The van der Waals surface area contributed by atoms with E-state index < -0.39 is 0 Å². The van der Waals surface area contributed by atoms with Crippen LogP contribution in [0.1, 0.15) is 11.1 Å². The third kappa shape index (κ3) is 4.65. The van der Waals surface area contributed by atoms with Gasteiger partial charge in [-0.3, -0.25) is 4.79 Å². The number of hydrogen-bond donors (Lipinski definition) is 2. The zero-order valence-electron chi connectivity index (χ0n) is 11.6. The van der Waals surface area contributed by atoms with Crippen molar-refractivity contribution in [3.05, 3.63) is 59.7 Å². The first-order valence-electron chi connectivity index (χ1n) is 6.44. The van der Waals surface area contributed by atoms with E-state index in [4.69, 9.17) is 4.74 Å². The fourth-order valence-electron chi connectivity index (χ4n) is 1.68. The average molecular weight is 284 g/mol. The fourth-order valence-corrected chi connectivity index (χ4v) is 1.68. The van der Waals surface area contributed by atoms with Crippen LogP contribution in [0.5, 0.6) is 11.5 Å².